The molecule has 0 saturated carbocycles. The summed E-state index contributed by atoms with van der Waals surface area (Å²) in [5.74, 6) is 0.661. The molecule has 1 unspecified atom stereocenters. The standard InChI is InChI=1S/C16H31N3O4S/c1-5-24(21,22)18-8-6-16(7-9-18)17-14(12-13(2)3)15(20)19(16)10-11-23-4/h13-14,17H,5-12H2,1-4H3. The first kappa shape index (κ1) is 19.6. The van der Waals surface area contributed by atoms with Gasteiger partial charge < -0.3 is 9.64 Å². The van der Waals surface area contributed by atoms with Crippen LogP contribution in [0, 0.1) is 5.92 Å². The van der Waals surface area contributed by atoms with Crippen LogP contribution >= 0.6 is 0 Å². The summed E-state index contributed by atoms with van der Waals surface area (Å²) in [5, 5.41) is 3.54. The molecule has 8 heteroatoms. The van der Waals surface area contributed by atoms with E-state index in [1.165, 1.54) is 0 Å². The van der Waals surface area contributed by atoms with Crippen molar-refractivity contribution in [3.05, 3.63) is 0 Å². The smallest absolute Gasteiger partial charge is 0.241 e. The van der Waals surface area contributed by atoms with Crippen LogP contribution in [0.3, 0.4) is 0 Å². The van der Waals surface area contributed by atoms with E-state index in [2.05, 4.69) is 19.2 Å². The predicted octanol–water partition coefficient (Wildman–Crippen LogP) is 0.621. The van der Waals surface area contributed by atoms with Gasteiger partial charge in [0.05, 0.1) is 24.1 Å². The van der Waals surface area contributed by atoms with Gasteiger partial charge in [-0.2, -0.15) is 0 Å². The van der Waals surface area contributed by atoms with Gasteiger partial charge in [0.1, 0.15) is 0 Å². The SMILES string of the molecule is CCS(=O)(=O)N1CCC2(CC1)NC(CC(C)C)C(=O)N2CCOC. The molecule has 1 spiro atoms. The molecular formula is C16H31N3O4S. The molecule has 2 heterocycles. The number of ether oxygens (including phenoxy) is 1. The average Bonchev–Trinajstić information content (AvgIpc) is 2.77. The highest BCUT2D eigenvalue weighted by Crippen LogP contribution is 2.34. The highest BCUT2D eigenvalue weighted by atomic mass is 32.2. The molecule has 24 heavy (non-hydrogen) atoms. The summed E-state index contributed by atoms with van der Waals surface area (Å²) in [6.07, 6.45) is 2.04. The van der Waals surface area contributed by atoms with Gasteiger partial charge in [-0.15, -0.1) is 0 Å². The fraction of sp³-hybridized carbons (Fsp3) is 0.938. The minimum atomic E-state index is -3.17. The first-order valence-electron chi connectivity index (χ1n) is 8.81. The van der Waals surface area contributed by atoms with E-state index in [1.807, 2.05) is 4.90 Å². The Labute approximate surface area is 145 Å². The van der Waals surface area contributed by atoms with Gasteiger partial charge >= 0.3 is 0 Å². The lowest BCUT2D eigenvalue weighted by atomic mass is 9.97. The van der Waals surface area contributed by atoms with Gasteiger partial charge in [0, 0.05) is 26.7 Å². The van der Waals surface area contributed by atoms with Crippen LogP contribution in [0.5, 0.6) is 0 Å². The lowest BCUT2D eigenvalue weighted by molar-refractivity contribution is -0.134. The van der Waals surface area contributed by atoms with Crippen LogP contribution < -0.4 is 5.32 Å². The normalized spacial score (nSPS) is 25.1. The maximum atomic E-state index is 12.8. The van der Waals surface area contributed by atoms with Gasteiger partial charge in [-0.25, -0.2) is 12.7 Å². The molecule has 0 aromatic carbocycles. The van der Waals surface area contributed by atoms with Crippen LogP contribution in [0.1, 0.15) is 40.0 Å². The number of nitrogens with zero attached hydrogens (tertiary/aromatic N) is 2. The molecule has 0 aromatic heterocycles. The second-order valence-electron chi connectivity index (χ2n) is 7.14. The van der Waals surface area contributed by atoms with Crippen molar-refractivity contribution in [1.29, 1.82) is 0 Å². The van der Waals surface area contributed by atoms with Crippen molar-refractivity contribution in [2.24, 2.45) is 5.92 Å². The van der Waals surface area contributed by atoms with E-state index in [1.54, 1.807) is 18.3 Å². The fourth-order valence-electron chi connectivity index (χ4n) is 3.73. The monoisotopic (exact) mass is 361 g/mol. The predicted molar refractivity (Wildman–Crippen MR) is 93.0 cm³/mol. The van der Waals surface area contributed by atoms with Crippen molar-refractivity contribution >= 4 is 15.9 Å². The minimum absolute atomic E-state index is 0.118. The molecule has 2 aliphatic heterocycles. The summed E-state index contributed by atoms with van der Waals surface area (Å²) in [6.45, 7) is 7.81. The van der Waals surface area contributed by atoms with Gasteiger partial charge in [0.25, 0.3) is 0 Å². The number of hydrogen-bond donors (Lipinski definition) is 1. The van der Waals surface area contributed by atoms with Crippen LogP contribution in [0.15, 0.2) is 0 Å². The summed E-state index contributed by atoms with van der Waals surface area (Å²) in [7, 11) is -1.54. The minimum Gasteiger partial charge on any atom is -0.383 e. The third-order valence-electron chi connectivity index (χ3n) is 5.06. The Hall–Kier alpha value is -0.700. The molecule has 0 bridgehead atoms. The summed E-state index contributed by atoms with van der Waals surface area (Å²) in [6, 6.07) is -0.184. The molecule has 2 rings (SSSR count). The zero-order chi connectivity index (χ0) is 18.0. The lowest BCUT2D eigenvalue weighted by Crippen LogP contribution is -2.60. The molecule has 1 atom stereocenters. The van der Waals surface area contributed by atoms with Crippen LogP contribution in [-0.4, -0.2) is 74.3 Å². The number of piperidine rings is 1. The Morgan fingerprint density at radius 1 is 1.33 bits per heavy atom. The van der Waals surface area contributed by atoms with Gasteiger partial charge in [-0.3, -0.25) is 10.1 Å². The lowest BCUT2D eigenvalue weighted by Gasteiger charge is -2.44. The maximum Gasteiger partial charge on any atom is 0.241 e. The molecule has 2 fully saturated rings. The maximum absolute atomic E-state index is 12.8. The van der Waals surface area contributed by atoms with E-state index < -0.39 is 15.7 Å². The number of nitrogens with one attached hydrogen (secondary N) is 1. The molecular weight excluding hydrogens is 330 g/mol. The van der Waals surface area contributed by atoms with E-state index in [4.69, 9.17) is 4.74 Å². The zero-order valence-corrected chi connectivity index (χ0v) is 16.1. The van der Waals surface area contributed by atoms with Crippen molar-refractivity contribution in [3.8, 4) is 0 Å². The molecule has 140 valence electrons. The van der Waals surface area contributed by atoms with Crippen LogP contribution in [-0.2, 0) is 19.6 Å². The van der Waals surface area contributed by atoms with Crippen molar-refractivity contribution in [1.82, 2.24) is 14.5 Å². The molecule has 7 nitrogen and oxygen atoms in total. The Bertz CT molecular complexity index is 542. The quantitative estimate of drug-likeness (QED) is 0.719. The summed E-state index contributed by atoms with van der Waals surface area (Å²) >= 11 is 0. The molecule has 0 aliphatic carbocycles. The molecule has 2 aliphatic rings. The highest BCUT2D eigenvalue weighted by molar-refractivity contribution is 7.89. The Morgan fingerprint density at radius 3 is 2.46 bits per heavy atom. The molecule has 0 aromatic rings. The molecule has 1 N–H and O–H groups in total. The van der Waals surface area contributed by atoms with Gasteiger partial charge in [-0.1, -0.05) is 13.8 Å². The number of sulfonamides is 1. The number of carbonyl (C=O) groups excluding carboxylic acids is 1. The number of carbonyl (C=O) groups is 1. The summed E-state index contributed by atoms with van der Waals surface area (Å²) in [5.41, 5.74) is -0.436. The number of amides is 1. The number of methoxy groups -OCH3 is 1. The Morgan fingerprint density at radius 2 is 1.96 bits per heavy atom. The third-order valence-corrected chi connectivity index (χ3v) is 6.94. The largest absolute Gasteiger partial charge is 0.383 e. The van der Waals surface area contributed by atoms with Crippen molar-refractivity contribution in [3.63, 3.8) is 0 Å². The van der Waals surface area contributed by atoms with E-state index >= 15 is 0 Å². The topological polar surface area (TPSA) is 79.0 Å². The fourth-order valence-corrected chi connectivity index (χ4v) is 4.84. The second-order valence-corrected chi connectivity index (χ2v) is 9.40. The molecule has 0 radical (unpaired) electrons. The second kappa shape index (κ2) is 7.68. The Balaban J connectivity index is 2.15. The van der Waals surface area contributed by atoms with Crippen molar-refractivity contribution in [2.45, 2.75) is 51.7 Å². The van der Waals surface area contributed by atoms with Crippen molar-refractivity contribution < 1.29 is 17.9 Å². The third kappa shape index (κ3) is 3.92. The van der Waals surface area contributed by atoms with Crippen molar-refractivity contribution in [2.75, 3.05) is 39.1 Å². The summed E-state index contributed by atoms with van der Waals surface area (Å²) < 4.78 is 30.9. The number of hydrogen-bond acceptors (Lipinski definition) is 5. The summed E-state index contributed by atoms with van der Waals surface area (Å²) in [4.78, 5) is 14.7. The van der Waals surface area contributed by atoms with Gasteiger partial charge in [-0.05, 0) is 32.1 Å². The average molecular weight is 362 g/mol. The number of rotatable bonds is 7. The highest BCUT2D eigenvalue weighted by Gasteiger charge is 2.51. The van der Waals surface area contributed by atoms with Gasteiger partial charge in [0.15, 0.2) is 0 Å². The molecule has 2 saturated heterocycles. The first-order chi connectivity index (χ1) is 11.3. The van der Waals surface area contributed by atoms with Crippen LogP contribution in [0.2, 0.25) is 0 Å². The van der Waals surface area contributed by atoms with E-state index in [0.29, 0.717) is 45.0 Å². The van der Waals surface area contributed by atoms with Crippen LogP contribution in [0.25, 0.3) is 0 Å². The van der Waals surface area contributed by atoms with E-state index in [0.717, 1.165) is 6.42 Å². The van der Waals surface area contributed by atoms with E-state index in [-0.39, 0.29) is 17.7 Å². The van der Waals surface area contributed by atoms with Gasteiger partial charge in [0.2, 0.25) is 15.9 Å². The molecule has 1 amide bonds. The first-order valence-corrected chi connectivity index (χ1v) is 10.4. The van der Waals surface area contributed by atoms with E-state index in [9.17, 15) is 13.2 Å². The zero-order valence-electron chi connectivity index (χ0n) is 15.2. The Kier molecular flexibility index (Phi) is 6.28. The van der Waals surface area contributed by atoms with Crippen LogP contribution in [0.4, 0.5) is 0 Å².